The largest absolute Gasteiger partial charge is 0.496 e. The predicted octanol–water partition coefficient (Wildman–Crippen LogP) is 5.05. The van der Waals surface area contributed by atoms with Gasteiger partial charge in [-0.1, -0.05) is 27.7 Å². The van der Waals surface area contributed by atoms with Crippen LogP contribution in [-0.2, 0) is 11.8 Å². The van der Waals surface area contributed by atoms with Gasteiger partial charge in [-0.25, -0.2) is 4.98 Å². The molecule has 0 radical (unpaired) electrons. The lowest BCUT2D eigenvalue weighted by Gasteiger charge is -2.16. The first-order valence-corrected chi connectivity index (χ1v) is 9.28. The predicted molar refractivity (Wildman–Crippen MR) is 103 cm³/mol. The molecule has 0 unspecified atom stereocenters. The molecule has 2 heterocycles. The SMILES string of the molecule is CCc1sc2nc(C(C)(C)C)c(C=O)n2c1-c1ccc(OC)c(C)c1. The number of carbonyl (C=O) groups excluding carboxylic acids is 1. The van der Waals surface area contributed by atoms with Crippen LogP contribution in [0.4, 0.5) is 0 Å². The van der Waals surface area contributed by atoms with E-state index in [4.69, 9.17) is 9.72 Å². The minimum absolute atomic E-state index is 0.179. The number of benzene rings is 1. The van der Waals surface area contributed by atoms with Crippen molar-refractivity contribution in [2.45, 2.75) is 46.5 Å². The fourth-order valence-corrected chi connectivity index (χ4v) is 4.28. The molecule has 0 atom stereocenters. The number of aldehydes is 1. The van der Waals surface area contributed by atoms with Crippen LogP contribution in [0.2, 0.25) is 0 Å². The van der Waals surface area contributed by atoms with Gasteiger partial charge in [0.05, 0.1) is 18.5 Å². The molecular formula is C20H24N2O2S. The minimum atomic E-state index is -0.179. The molecule has 3 rings (SSSR count). The van der Waals surface area contributed by atoms with Crippen LogP contribution in [0.25, 0.3) is 16.2 Å². The molecule has 132 valence electrons. The van der Waals surface area contributed by atoms with Crippen molar-refractivity contribution in [1.29, 1.82) is 0 Å². The Morgan fingerprint density at radius 2 is 2.04 bits per heavy atom. The highest BCUT2D eigenvalue weighted by molar-refractivity contribution is 7.17. The maximum absolute atomic E-state index is 11.9. The Hall–Kier alpha value is -2.14. The summed E-state index contributed by atoms with van der Waals surface area (Å²) in [5.41, 5.74) is 4.55. The van der Waals surface area contributed by atoms with Crippen molar-refractivity contribution < 1.29 is 9.53 Å². The number of methoxy groups -OCH3 is 1. The van der Waals surface area contributed by atoms with Crippen molar-refractivity contribution >= 4 is 22.6 Å². The van der Waals surface area contributed by atoms with Crippen LogP contribution < -0.4 is 4.74 Å². The van der Waals surface area contributed by atoms with E-state index in [2.05, 4.69) is 39.8 Å². The summed E-state index contributed by atoms with van der Waals surface area (Å²) < 4.78 is 7.41. The van der Waals surface area contributed by atoms with Gasteiger partial charge in [0.1, 0.15) is 11.4 Å². The van der Waals surface area contributed by atoms with E-state index in [1.807, 2.05) is 17.4 Å². The van der Waals surface area contributed by atoms with Crippen molar-refractivity contribution in [3.8, 4) is 17.0 Å². The number of imidazole rings is 1. The molecule has 5 heteroatoms. The Labute approximate surface area is 152 Å². The van der Waals surface area contributed by atoms with E-state index in [1.165, 1.54) is 4.88 Å². The van der Waals surface area contributed by atoms with Crippen LogP contribution in [0.5, 0.6) is 5.75 Å². The van der Waals surface area contributed by atoms with E-state index >= 15 is 0 Å². The molecule has 0 aliphatic carbocycles. The van der Waals surface area contributed by atoms with Gasteiger partial charge in [-0.2, -0.15) is 0 Å². The van der Waals surface area contributed by atoms with E-state index in [0.717, 1.165) is 45.9 Å². The highest BCUT2D eigenvalue weighted by Crippen LogP contribution is 2.37. The summed E-state index contributed by atoms with van der Waals surface area (Å²) in [4.78, 5) is 18.8. The Kier molecular flexibility index (Phi) is 4.45. The number of nitrogens with zero attached hydrogens (tertiary/aromatic N) is 2. The van der Waals surface area contributed by atoms with Crippen molar-refractivity contribution in [3.63, 3.8) is 0 Å². The Balaban J connectivity index is 2.35. The van der Waals surface area contributed by atoms with Crippen molar-refractivity contribution in [2.75, 3.05) is 7.11 Å². The van der Waals surface area contributed by atoms with E-state index in [1.54, 1.807) is 18.4 Å². The summed E-state index contributed by atoms with van der Waals surface area (Å²) in [6, 6.07) is 6.15. The average Bonchev–Trinajstić information content (AvgIpc) is 3.09. The summed E-state index contributed by atoms with van der Waals surface area (Å²) in [5.74, 6) is 0.866. The van der Waals surface area contributed by atoms with Crippen molar-refractivity contribution in [3.05, 3.63) is 40.0 Å². The van der Waals surface area contributed by atoms with Crippen LogP contribution in [-0.4, -0.2) is 22.8 Å². The van der Waals surface area contributed by atoms with Crippen LogP contribution in [0.3, 0.4) is 0 Å². The number of aromatic nitrogens is 2. The summed E-state index contributed by atoms with van der Waals surface area (Å²) in [5, 5.41) is 0. The second-order valence-electron chi connectivity index (χ2n) is 7.24. The molecule has 0 aliphatic rings. The Morgan fingerprint density at radius 1 is 1.32 bits per heavy atom. The molecule has 3 aromatic rings. The van der Waals surface area contributed by atoms with Gasteiger partial charge >= 0.3 is 0 Å². The van der Waals surface area contributed by atoms with Crippen molar-refractivity contribution in [1.82, 2.24) is 9.38 Å². The summed E-state index contributed by atoms with van der Waals surface area (Å²) in [6.45, 7) is 10.4. The van der Waals surface area contributed by atoms with Gasteiger partial charge in [0, 0.05) is 15.9 Å². The molecule has 0 amide bonds. The number of hydrogen-bond donors (Lipinski definition) is 0. The molecule has 0 saturated carbocycles. The second kappa shape index (κ2) is 6.30. The molecule has 1 aromatic carbocycles. The molecule has 0 aliphatic heterocycles. The first-order valence-electron chi connectivity index (χ1n) is 8.46. The smallest absolute Gasteiger partial charge is 0.195 e. The van der Waals surface area contributed by atoms with E-state index < -0.39 is 0 Å². The lowest BCUT2D eigenvalue weighted by Crippen LogP contribution is -2.15. The lowest BCUT2D eigenvalue weighted by molar-refractivity contribution is 0.111. The first-order chi connectivity index (χ1) is 11.8. The van der Waals surface area contributed by atoms with Gasteiger partial charge in [0.15, 0.2) is 11.2 Å². The van der Waals surface area contributed by atoms with Crippen LogP contribution >= 0.6 is 11.3 Å². The van der Waals surface area contributed by atoms with Gasteiger partial charge in [-0.05, 0) is 37.1 Å². The van der Waals surface area contributed by atoms with Gasteiger partial charge in [-0.15, -0.1) is 11.3 Å². The van der Waals surface area contributed by atoms with E-state index in [-0.39, 0.29) is 5.41 Å². The summed E-state index contributed by atoms with van der Waals surface area (Å²) in [6.07, 6.45) is 1.84. The maximum atomic E-state index is 11.9. The second-order valence-corrected chi connectivity index (χ2v) is 8.31. The van der Waals surface area contributed by atoms with Crippen LogP contribution in [0, 0.1) is 6.92 Å². The third kappa shape index (κ3) is 2.86. The fourth-order valence-electron chi connectivity index (χ4n) is 3.20. The van der Waals surface area contributed by atoms with E-state index in [9.17, 15) is 4.79 Å². The molecule has 4 nitrogen and oxygen atoms in total. The number of fused-ring (bicyclic) bond motifs is 1. The topological polar surface area (TPSA) is 43.6 Å². The van der Waals surface area contributed by atoms with Crippen LogP contribution in [0.15, 0.2) is 18.2 Å². The molecule has 0 bridgehead atoms. The highest BCUT2D eigenvalue weighted by Gasteiger charge is 2.27. The molecule has 0 saturated heterocycles. The maximum Gasteiger partial charge on any atom is 0.195 e. The molecule has 0 N–H and O–H groups in total. The summed E-state index contributed by atoms with van der Waals surface area (Å²) >= 11 is 1.66. The van der Waals surface area contributed by atoms with Gasteiger partial charge in [0.25, 0.3) is 0 Å². The normalized spacial score (nSPS) is 11.9. The number of hydrogen-bond acceptors (Lipinski definition) is 4. The minimum Gasteiger partial charge on any atom is -0.496 e. The number of aryl methyl sites for hydroxylation is 2. The Bertz CT molecular complexity index is 945. The first kappa shape index (κ1) is 17.7. The average molecular weight is 356 g/mol. The Morgan fingerprint density at radius 3 is 2.56 bits per heavy atom. The zero-order valence-corrected chi connectivity index (χ0v) is 16.5. The quantitative estimate of drug-likeness (QED) is 0.614. The summed E-state index contributed by atoms with van der Waals surface area (Å²) in [7, 11) is 1.68. The zero-order valence-electron chi connectivity index (χ0n) is 15.6. The molecule has 0 spiro atoms. The number of rotatable bonds is 4. The highest BCUT2D eigenvalue weighted by atomic mass is 32.1. The number of carbonyl (C=O) groups is 1. The van der Waals surface area contributed by atoms with E-state index in [0.29, 0.717) is 5.69 Å². The fraction of sp³-hybridized carbons (Fsp3) is 0.400. The standard InChI is InChI=1S/C20H24N2O2S/c1-7-16-17(13-8-9-15(24-6)12(2)10-13)22-14(11-23)18(20(3,4)5)21-19(22)25-16/h8-11H,7H2,1-6H3. The van der Waals surface area contributed by atoms with Gasteiger partial charge in [-0.3, -0.25) is 9.20 Å². The number of thiazole rings is 1. The third-order valence-corrected chi connectivity index (χ3v) is 5.58. The molecule has 0 fully saturated rings. The zero-order chi connectivity index (χ0) is 18.4. The third-order valence-electron chi connectivity index (χ3n) is 4.40. The van der Waals surface area contributed by atoms with Gasteiger partial charge in [0.2, 0.25) is 0 Å². The molecule has 25 heavy (non-hydrogen) atoms. The van der Waals surface area contributed by atoms with Crippen LogP contribution in [0.1, 0.15) is 54.3 Å². The van der Waals surface area contributed by atoms with Gasteiger partial charge < -0.3 is 4.74 Å². The van der Waals surface area contributed by atoms with Crippen molar-refractivity contribution in [2.24, 2.45) is 0 Å². The molecule has 2 aromatic heterocycles. The molecular weight excluding hydrogens is 332 g/mol. The lowest BCUT2D eigenvalue weighted by atomic mass is 9.91. The monoisotopic (exact) mass is 356 g/mol. The number of ether oxygens (including phenoxy) is 1.